The van der Waals surface area contributed by atoms with Crippen LogP contribution in [-0.4, -0.2) is 29.9 Å². The fraction of sp³-hybridized carbons (Fsp3) is 0.267. The van der Waals surface area contributed by atoms with Crippen molar-refractivity contribution in [1.82, 2.24) is 10.2 Å². The van der Waals surface area contributed by atoms with Crippen molar-refractivity contribution in [3.63, 3.8) is 0 Å². The second kappa shape index (κ2) is 6.19. The molecule has 3 amide bonds. The fourth-order valence-electron chi connectivity index (χ4n) is 2.51. The first-order chi connectivity index (χ1) is 10.4. The van der Waals surface area contributed by atoms with E-state index in [0.29, 0.717) is 10.6 Å². The van der Waals surface area contributed by atoms with Gasteiger partial charge in [0.25, 0.3) is 0 Å². The minimum absolute atomic E-state index is 0.166. The topological polar surface area (TPSA) is 75.7 Å². The standard InChI is InChI=1S/C15H15ClN2O4/c1-8-12(14(20)22-3)13(10-6-4-5-7-11(10)16)18(9(2)19)15(21)17-8/h4-7,12-13H,1H2,2-3H3,(H,17,21). The highest BCUT2D eigenvalue weighted by Gasteiger charge is 2.46. The van der Waals surface area contributed by atoms with Gasteiger partial charge >= 0.3 is 12.0 Å². The molecule has 2 rings (SSSR count). The van der Waals surface area contributed by atoms with E-state index >= 15 is 0 Å². The number of carbonyl (C=O) groups is 3. The predicted octanol–water partition coefficient (Wildman–Crippen LogP) is 2.26. The molecule has 1 aromatic carbocycles. The molecule has 0 radical (unpaired) electrons. The molecule has 1 saturated heterocycles. The quantitative estimate of drug-likeness (QED) is 0.847. The molecule has 2 atom stereocenters. The van der Waals surface area contributed by atoms with Crippen molar-refractivity contribution >= 4 is 29.5 Å². The van der Waals surface area contributed by atoms with Crippen molar-refractivity contribution in [3.05, 3.63) is 47.1 Å². The van der Waals surface area contributed by atoms with Gasteiger partial charge in [0.05, 0.1) is 13.2 Å². The predicted molar refractivity (Wildman–Crippen MR) is 79.9 cm³/mol. The number of nitrogens with zero attached hydrogens (tertiary/aromatic N) is 1. The van der Waals surface area contributed by atoms with Crippen molar-refractivity contribution in [2.75, 3.05) is 7.11 Å². The van der Waals surface area contributed by atoms with E-state index in [0.717, 1.165) is 4.90 Å². The van der Waals surface area contributed by atoms with Crippen LogP contribution in [0.15, 0.2) is 36.5 Å². The summed E-state index contributed by atoms with van der Waals surface area (Å²) in [5.74, 6) is -2.06. The minimum atomic E-state index is -0.938. The first-order valence-electron chi connectivity index (χ1n) is 6.50. The number of methoxy groups -OCH3 is 1. The molecule has 0 aliphatic carbocycles. The summed E-state index contributed by atoms with van der Waals surface area (Å²) in [5, 5.41) is 2.77. The molecule has 1 N–H and O–H groups in total. The van der Waals surface area contributed by atoms with Crippen LogP contribution in [-0.2, 0) is 14.3 Å². The van der Waals surface area contributed by atoms with E-state index in [1.807, 2.05) is 0 Å². The number of halogens is 1. The Bertz CT molecular complexity index is 659. The van der Waals surface area contributed by atoms with E-state index in [1.54, 1.807) is 24.3 Å². The van der Waals surface area contributed by atoms with Gasteiger partial charge in [0.1, 0.15) is 5.92 Å². The largest absolute Gasteiger partial charge is 0.468 e. The van der Waals surface area contributed by atoms with Gasteiger partial charge in [0, 0.05) is 17.6 Å². The second-order valence-corrected chi connectivity index (χ2v) is 5.22. The number of benzene rings is 1. The summed E-state index contributed by atoms with van der Waals surface area (Å²) < 4.78 is 4.78. The molecule has 1 aromatic rings. The Morgan fingerprint density at radius 3 is 2.55 bits per heavy atom. The van der Waals surface area contributed by atoms with Gasteiger partial charge in [-0.05, 0) is 11.6 Å². The van der Waals surface area contributed by atoms with Gasteiger partial charge < -0.3 is 10.1 Å². The fourth-order valence-corrected chi connectivity index (χ4v) is 2.76. The summed E-state index contributed by atoms with van der Waals surface area (Å²) in [6.45, 7) is 4.94. The molecular weight excluding hydrogens is 308 g/mol. The molecule has 0 spiro atoms. The average Bonchev–Trinajstić information content (AvgIpc) is 2.45. The lowest BCUT2D eigenvalue weighted by molar-refractivity contribution is -0.147. The van der Waals surface area contributed by atoms with E-state index in [9.17, 15) is 14.4 Å². The van der Waals surface area contributed by atoms with Crippen LogP contribution in [0.2, 0.25) is 5.02 Å². The average molecular weight is 323 g/mol. The Hall–Kier alpha value is -2.34. The van der Waals surface area contributed by atoms with Gasteiger partial charge in [-0.2, -0.15) is 0 Å². The SMILES string of the molecule is C=C1NC(=O)N(C(C)=O)C(c2ccccc2Cl)C1C(=O)OC. The van der Waals surface area contributed by atoms with E-state index in [-0.39, 0.29) is 5.70 Å². The van der Waals surface area contributed by atoms with Crippen LogP contribution in [0.4, 0.5) is 4.79 Å². The third kappa shape index (κ3) is 2.69. The van der Waals surface area contributed by atoms with Crippen molar-refractivity contribution in [3.8, 4) is 0 Å². The highest BCUT2D eigenvalue weighted by Crippen LogP contribution is 2.39. The number of ether oxygens (including phenoxy) is 1. The minimum Gasteiger partial charge on any atom is -0.468 e. The number of imide groups is 1. The summed E-state index contributed by atoms with van der Waals surface area (Å²) >= 11 is 6.18. The number of esters is 1. The van der Waals surface area contributed by atoms with Gasteiger partial charge in [0.2, 0.25) is 5.91 Å². The third-order valence-corrected chi connectivity index (χ3v) is 3.82. The molecule has 116 valence electrons. The molecule has 22 heavy (non-hydrogen) atoms. The van der Waals surface area contributed by atoms with Crippen LogP contribution in [0.3, 0.4) is 0 Å². The highest BCUT2D eigenvalue weighted by atomic mass is 35.5. The maximum Gasteiger partial charge on any atom is 0.328 e. The van der Waals surface area contributed by atoms with Crippen LogP contribution < -0.4 is 5.32 Å². The second-order valence-electron chi connectivity index (χ2n) is 4.81. The lowest BCUT2D eigenvalue weighted by Crippen LogP contribution is -2.55. The number of amides is 3. The molecule has 1 fully saturated rings. The van der Waals surface area contributed by atoms with Crippen LogP contribution in [0.5, 0.6) is 0 Å². The Morgan fingerprint density at radius 1 is 1.36 bits per heavy atom. The molecule has 7 heteroatoms. The molecule has 6 nitrogen and oxygen atoms in total. The Morgan fingerprint density at radius 2 is 2.00 bits per heavy atom. The summed E-state index contributed by atoms with van der Waals surface area (Å²) in [6, 6.07) is 5.16. The Balaban J connectivity index is 2.63. The lowest BCUT2D eigenvalue weighted by atomic mass is 9.87. The summed E-state index contributed by atoms with van der Waals surface area (Å²) in [7, 11) is 1.23. The van der Waals surface area contributed by atoms with Crippen molar-refractivity contribution in [2.24, 2.45) is 5.92 Å². The smallest absolute Gasteiger partial charge is 0.328 e. The van der Waals surface area contributed by atoms with Gasteiger partial charge in [-0.15, -0.1) is 0 Å². The van der Waals surface area contributed by atoms with Crippen molar-refractivity contribution < 1.29 is 19.1 Å². The van der Waals surface area contributed by atoms with Crippen LogP contribution in [0, 0.1) is 5.92 Å². The van der Waals surface area contributed by atoms with Gasteiger partial charge in [-0.1, -0.05) is 36.4 Å². The number of hydrogen-bond donors (Lipinski definition) is 1. The Labute approximate surface area is 132 Å². The molecule has 2 unspecified atom stereocenters. The maximum absolute atomic E-state index is 12.1. The summed E-state index contributed by atoms with van der Waals surface area (Å²) in [6.07, 6.45) is 0. The van der Waals surface area contributed by atoms with Gasteiger partial charge in [-0.3, -0.25) is 14.5 Å². The molecule has 0 aromatic heterocycles. The summed E-state index contributed by atoms with van der Waals surface area (Å²) in [5.41, 5.74) is 0.644. The lowest BCUT2D eigenvalue weighted by Gasteiger charge is -2.39. The molecular formula is C15H15ClN2O4. The number of carbonyl (C=O) groups excluding carboxylic acids is 3. The van der Waals surface area contributed by atoms with Crippen LogP contribution in [0.1, 0.15) is 18.5 Å². The summed E-state index contributed by atoms with van der Waals surface area (Å²) in [4.78, 5) is 37.1. The first-order valence-corrected chi connectivity index (χ1v) is 6.88. The van der Waals surface area contributed by atoms with Gasteiger partial charge in [-0.25, -0.2) is 4.79 Å². The number of urea groups is 1. The number of hydrogen-bond acceptors (Lipinski definition) is 4. The zero-order valence-corrected chi connectivity index (χ0v) is 12.9. The monoisotopic (exact) mass is 322 g/mol. The van der Waals surface area contributed by atoms with E-state index in [1.165, 1.54) is 14.0 Å². The Kier molecular flexibility index (Phi) is 4.51. The first kappa shape index (κ1) is 16.0. The number of rotatable bonds is 2. The highest BCUT2D eigenvalue weighted by molar-refractivity contribution is 6.31. The van der Waals surface area contributed by atoms with Crippen molar-refractivity contribution in [2.45, 2.75) is 13.0 Å². The molecule has 1 aliphatic rings. The van der Waals surface area contributed by atoms with E-state index < -0.39 is 29.9 Å². The molecule has 0 bridgehead atoms. The third-order valence-electron chi connectivity index (χ3n) is 3.47. The van der Waals surface area contributed by atoms with Gasteiger partial charge in [0.15, 0.2) is 0 Å². The molecule has 1 aliphatic heterocycles. The van der Waals surface area contributed by atoms with E-state index in [4.69, 9.17) is 16.3 Å². The van der Waals surface area contributed by atoms with Crippen LogP contribution in [0.25, 0.3) is 0 Å². The zero-order valence-electron chi connectivity index (χ0n) is 12.1. The van der Waals surface area contributed by atoms with E-state index in [2.05, 4.69) is 11.9 Å². The van der Waals surface area contributed by atoms with Crippen molar-refractivity contribution in [1.29, 1.82) is 0 Å². The molecule has 1 heterocycles. The number of nitrogens with one attached hydrogen (secondary N) is 1. The normalized spacial score (nSPS) is 21.3. The molecule has 0 saturated carbocycles. The maximum atomic E-state index is 12.1. The van der Waals surface area contributed by atoms with Crippen LogP contribution >= 0.6 is 11.6 Å². The zero-order chi connectivity index (χ0) is 16.4.